The monoisotopic (exact) mass is 385 g/mol. The second kappa shape index (κ2) is 9.09. The topological polar surface area (TPSA) is 63.2 Å². The van der Waals surface area contributed by atoms with E-state index in [0.29, 0.717) is 4.88 Å². The van der Waals surface area contributed by atoms with Gasteiger partial charge in [-0.05, 0) is 42.2 Å². The van der Waals surface area contributed by atoms with Crippen LogP contribution in [-0.4, -0.2) is 17.5 Å². The Morgan fingerprint density at radius 3 is 2.07 bits per heavy atom. The number of rotatable bonds is 8. The normalized spacial score (nSPS) is 11.3. The Labute approximate surface area is 165 Å². The lowest BCUT2D eigenvalue weighted by Crippen LogP contribution is -2.15. The second-order valence-electron chi connectivity index (χ2n) is 7.75. The molecule has 0 fully saturated rings. The van der Waals surface area contributed by atoms with Crippen molar-refractivity contribution in [3.63, 3.8) is 0 Å². The zero-order valence-corrected chi connectivity index (χ0v) is 17.2. The Kier molecular flexibility index (Phi) is 7.08. The number of carbonyl (C=O) groups is 3. The number of aryl methyl sites for hydroxylation is 1. The number of anilines is 1. The first-order chi connectivity index (χ1) is 12.6. The predicted molar refractivity (Wildman–Crippen MR) is 111 cm³/mol. The first-order valence-corrected chi connectivity index (χ1v) is 9.98. The van der Waals surface area contributed by atoms with Crippen LogP contribution in [0.15, 0.2) is 36.4 Å². The quantitative estimate of drug-likeness (QED) is 0.627. The third-order valence-corrected chi connectivity index (χ3v) is 5.35. The minimum atomic E-state index is -0.188. The van der Waals surface area contributed by atoms with Crippen LogP contribution in [0.25, 0.3) is 0 Å². The van der Waals surface area contributed by atoms with Gasteiger partial charge in [-0.15, -0.1) is 11.3 Å². The van der Waals surface area contributed by atoms with E-state index in [0.717, 1.165) is 10.6 Å². The standard InChI is InChI=1S/C22H27NO3S/c1-15-5-13-20(27-15)19(25)12-10-18(24)11-14-21(26)23-17-8-6-16(7-9-17)22(2,3)4/h5-9,13H,10-12,14H2,1-4H3,(H,23,26). The van der Waals surface area contributed by atoms with Crippen LogP contribution in [0.3, 0.4) is 0 Å². The van der Waals surface area contributed by atoms with E-state index in [4.69, 9.17) is 0 Å². The predicted octanol–water partition coefficient (Wildman–Crippen LogP) is 5.30. The highest BCUT2D eigenvalue weighted by molar-refractivity contribution is 7.14. The summed E-state index contributed by atoms with van der Waals surface area (Å²) in [6.07, 6.45) is 0.673. The molecule has 0 radical (unpaired) electrons. The van der Waals surface area contributed by atoms with E-state index in [1.165, 1.54) is 16.9 Å². The Bertz CT molecular complexity index is 813. The number of thiophene rings is 1. The Morgan fingerprint density at radius 1 is 0.889 bits per heavy atom. The molecule has 144 valence electrons. The summed E-state index contributed by atoms with van der Waals surface area (Å²) in [7, 11) is 0. The molecule has 0 bridgehead atoms. The maximum absolute atomic E-state index is 12.0. The molecule has 1 aromatic heterocycles. The van der Waals surface area contributed by atoms with E-state index in [-0.39, 0.29) is 48.6 Å². The Balaban J connectivity index is 1.73. The Hall–Kier alpha value is -2.27. The van der Waals surface area contributed by atoms with E-state index in [1.807, 2.05) is 37.3 Å². The first-order valence-electron chi connectivity index (χ1n) is 9.17. The fourth-order valence-electron chi connectivity index (χ4n) is 2.62. The van der Waals surface area contributed by atoms with Gasteiger partial charge in [0.25, 0.3) is 0 Å². The molecule has 1 N–H and O–H groups in total. The van der Waals surface area contributed by atoms with Crippen LogP contribution in [0, 0.1) is 6.92 Å². The van der Waals surface area contributed by atoms with Crippen LogP contribution in [0.2, 0.25) is 0 Å². The molecular formula is C22H27NO3S. The van der Waals surface area contributed by atoms with Crippen molar-refractivity contribution in [2.75, 3.05) is 5.32 Å². The van der Waals surface area contributed by atoms with Gasteiger partial charge in [0.05, 0.1) is 4.88 Å². The van der Waals surface area contributed by atoms with Gasteiger partial charge in [0.2, 0.25) is 5.91 Å². The fraction of sp³-hybridized carbons (Fsp3) is 0.409. The van der Waals surface area contributed by atoms with Crippen molar-refractivity contribution >= 4 is 34.5 Å². The molecular weight excluding hydrogens is 358 g/mol. The van der Waals surface area contributed by atoms with Gasteiger partial charge in [0.15, 0.2) is 5.78 Å². The van der Waals surface area contributed by atoms with E-state index in [1.54, 1.807) is 6.07 Å². The van der Waals surface area contributed by atoms with Gasteiger partial charge in [-0.3, -0.25) is 14.4 Å². The summed E-state index contributed by atoms with van der Waals surface area (Å²) in [4.78, 5) is 37.8. The molecule has 0 unspecified atom stereocenters. The molecule has 0 aliphatic rings. The summed E-state index contributed by atoms with van der Waals surface area (Å²) in [5.74, 6) is -0.258. The van der Waals surface area contributed by atoms with Crippen molar-refractivity contribution in [1.82, 2.24) is 0 Å². The van der Waals surface area contributed by atoms with Gasteiger partial charge in [-0.25, -0.2) is 0 Å². The number of amides is 1. The summed E-state index contributed by atoms with van der Waals surface area (Å²) >= 11 is 1.44. The average Bonchev–Trinajstić information content (AvgIpc) is 3.04. The smallest absolute Gasteiger partial charge is 0.224 e. The van der Waals surface area contributed by atoms with Crippen molar-refractivity contribution in [3.05, 3.63) is 51.7 Å². The molecule has 4 nitrogen and oxygen atoms in total. The van der Waals surface area contributed by atoms with Crippen molar-refractivity contribution in [3.8, 4) is 0 Å². The average molecular weight is 386 g/mol. The highest BCUT2D eigenvalue weighted by atomic mass is 32.1. The maximum atomic E-state index is 12.0. The van der Waals surface area contributed by atoms with Crippen molar-refractivity contribution in [2.45, 2.75) is 58.8 Å². The number of ketones is 2. The van der Waals surface area contributed by atoms with E-state index in [9.17, 15) is 14.4 Å². The summed E-state index contributed by atoms with van der Waals surface area (Å²) in [5, 5.41) is 2.81. The van der Waals surface area contributed by atoms with E-state index >= 15 is 0 Å². The molecule has 0 aliphatic carbocycles. The van der Waals surface area contributed by atoms with Crippen molar-refractivity contribution < 1.29 is 14.4 Å². The third kappa shape index (κ3) is 6.75. The molecule has 0 aliphatic heterocycles. The highest BCUT2D eigenvalue weighted by Gasteiger charge is 2.14. The zero-order valence-electron chi connectivity index (χ0n) is 16.4. The number of hydrogen-bond donors (Lipinski definition) is 1. The molecule has 0 atom stereocenters. The van der Waals surface area contributed by atoms with Crippen molar-refractivity contribution in [1.29, 1.82) is 0 Å². The summed E-state index contributed by atoms with van der Waals surface area (Å²) in [6.45, 7) is 8.35. The van der Waals surface area contributed by atoms with Crippen LogP contribution in [-0.2, 0) is 15.0 Å². The lowest BCUT2D eigenvalue weighted by molar-refractivity contribution is -0.122. The van der Waals surface area contributed by atoms with Gasteiger partial charge in [-0.2, -0.15) is 0 Å². The van der Waals surface area contributed by atoms with Crippen LogP contribution >= 0.6 is 11.3 Å². The molecule has 1 aromatic carbocycles. The van der Waals surface area contributed by atoms with Gasteiger partial charge in [-0.1, -0.05) is 32.9 Å². The molecule has 0 saturated carbocycles. The number of hydrogen-bond acceptors (Lipinski definition) is 4. The molecule has 2 rings (SSSR count). The molecule has 2 aromatic rings. The molecule has 0 spiro atoms. The molecule has 1 amide bonds. The number of nitrogens with one attached hydrogen (secondary N) is 1. The SMILES string of the molecule is Cc1ccc(C(=O)CCC(=O)CCC(=O)Nc2ccc(C(C)(C)C)cc2)s1. The summed E-state index contributed by atoms with van der Waals surface area (Å²) < 4.78 is 0. The van der Waals surface area contributed by atoms with Crippen LogP contribution < -0.4 is 5.32 Å². The van der Waals surface area contributed by atoms with Gasteiger partial charge in [0, 0.05) is 36.2 Å². The second-order valence-corrected chi connectivity index (χ2v) is 9.04. The third-order valence-electron chi connectivity index (χ3n) is 4.31. The van der Waals surface area contributed by atoms with Crippen LogP contribution in [0.5, 0.6) is 0 Å². The fourth-order valence-corrected chi connectivity index (χ4v) is 3.45. The molecule has 0 saturated heterocycles. The Morgan fingerprint density at radius 2 is 1.52 bits per heavy atom. The molecule has 5 heteroatoms. The number of benzene rings is 1. The summed E-state index contributed by atoms with van der Waals surface area (Å²) in [5.41, 5.74) is 1.98. The molecule has 27 heavy (non-hydrogen) atoms. The first kappa shape index (κ1) is 21.0. The zero-order chi connectivity index (χ0) is 20.0. The number of Topliss-reactive ketones (excluding diaryl/α,β-unsaturated/α-hetero) is 2. The van der Waals surface area contributed by atoms with Gasteiger partial charge in [0.1, 0.15) is 5.78 Å². The molecule has 1 heterocycles. The summed E-state index contributed by atoms with van der Waals surface area (Å²) in [6, 6.07) is 11.4. The minimum Gasteiger partial charge on any atom is -0.326 e. The van der Waals surface area contributed by atoms with Gasteiger partial charge < -0.3 is 5.32 Å². The van der Waals surface area contributed by atoms with Gasteiger partial charge >= 0.3 is 0 Å². The van der Waals surface area contributed by atoms with Crippen molar-refractivity contribution in [2.24, 2.45) is 0 Å². The maximum Gasteiger partial charge on any atom is 0.224 e. The number of carbonyl (C=O) groups excluding carboxylic acids is 3. The highest BCUT2D eigenvalue weighted by Crippen LogP contribution is 2.23. The van der Waals surface area contributed by atoms with Crippen LogP contribution in [0.1, 0.15) is 66.6 Å². The van der Waals surface area contributed by atoms with Crippen LogP contribution in [0.4, 0.5) is 5.69 Å². The lowest BCUT2D eigenvalue weighted by Gasteiger charge is -2.19. The largest absolute Gasteiger partial charge is 0.326 e. The van der Waals surface area contributed by atoms with E-state index < -0.39 is 0 Å². The minimum absolute atomic E-state index is 0.00941. The van der Waals surface area contributed by atoms with E-state index in [2.05, 4.69) is 26.1 Å². The lowest BCUT2D eigenvalue weighted by atomic mass is 9.87.